The minimum Gasteiger partial charge on any atom is -0.372 e. The fraction of sp³-hybridized carbons (Fsp3) is 0.696. The van der Waals surface area contributed by atoms with E-state index in [1.807, 2.05) is 0 Å². The molecule has 0 unspecified atom stereocenters. The van der Waals surface area contributed by atoms with Gasteiger partial charge in [-0.25, -0.2) is 12.7 Å². The summed E-state index contributed by atoms with van der Waals surface area (Å²) in [5.74, 6) is 1.34. The Balaban J connectivity index is 1.54. The van der Waals surface area contributed by atoms with Crippen molar-refractivity contribution in [3.05, 3.63) is 29.8 Å². The molecule has 2 aliphatic rings. The molecule has 0 saturated carbocycles. The molecule has 0 amide bonds. The summed E-state index contributed by atoms with van der Waals surface area (Å²) in [6.07, 6.45) is 6.97. The number of anilines is 1. The molecule has 2 heterocycles. The van der Waals surface area contributed by atoms with Gasteiger partial charge in [0.25, 0.3) is 0 Å². The molecule has 2 saturated heterocycles. The highest BCUT2D eigenvalue weighted by atomic mass is 32.2. The van der Waals surface area contributed by atoms with Crippen LogP contribution < -0.4 is 10.2 Å². The maximum Gasteiger partial charge on any atom is 0.211 e. The number of hydrogen-bond acceptors (Lipinski definition) is 4. The van der Waals surface area contributed by atoms with E-state index < -0.39 is 10.0 Å². The Morgan fingerprint density at radius 1 is 1.10 bits per heavy atom. The van der Waals surface area contributed by atoms with Crippen molar-refractivity contribution >= 4 is 21.7 Å². The molecule has 7 nitrogen and oxygen atoms in total. The molecule has 8 heteroatoms. The van der Waals surface area contributed by atoms with Crippen molar-refractivity contribution in [1.29, 1.82) is 0 Å². The van der Waals surface area contributed by atoms with Crippen molar-refractivity contribution in [3.8, 4) is 0 Å². The summed E-state index contributed by atoms with van der Waals surface area (Å²) in [5.41, 5.74) is 2.60. The lowest BCUT2D eigenvalue weighted by Gasteiger charge is -2.30. The Bertz CT molecular complexity index is 811. The first-order valence-corrected chi connectivity index (χ1v) is 13.5. The molecule has 31 heavy (non-hydrogen) atoms. The molecule has 1 aromatic rings. The van der Waals surface area contributed by atoms with Gasteiger partial charge in [0.2, 0.25) is 10.0 Å². The zero-order valence-electron chi connectivity index (χ0n) is 19.4. The van der Waals surface area contributed by atoms with E-state index in [1.54, 1.807) is 4.31 Å². The second kappa shape index (κ2) is 11.2. The van der Waals surface area contributed by atoms with Gasteiger partial charge in [-0.1, -0.05) is 12.1 Å². The van der Waals surface area contributed by atoms with Crippen molar-refractivity contribution in [3.63, 3.8) is 0 Å². The topological polar surface area (TPSA) is 68.2 Å². The van der Waals surface area contributed by atoms with Crippen LogP contribution in [0.25, 0.3) is 0 Å². The van der Waals surface area contributed by atoms with Gasteiger partial charge in [-0.15, -0.1) is 0 Å². The molecule has 1 N–H and O–H groups in total. The Morgan fingerprint density at radius 3 is 2.32 bits per heavy atom. The molecule has 1 aromatic carbocycles. The second-order valence-electron chi connectivity index (χ2n) is 8.87. The van der Waals surface area contributed by atoms with Crippen LogP contribution in [0, 0.1) is 5.92 Å². The van der Waals surface area contributed by atoms with Gasteiger partial charge in [-0.3, -0.25) is 4.99 Å². The van der Waals surface area contributed by atoms with Crippen molar-refractivity contribution in [2.75, 3.05) is 57.5 Å². The van der Waals surface area contributed by atoms with Crippen LogP contribution in [0.15, 0.2) is 29.3 Å². The van der Waals surface area contributed by atoms with Gasteiger partial charge >= 0.3 is 0 Å². The average molecular weight is 450 g/mol. The van der Waals surface area contributed by atoms with Gasteiger partial charge in [0.1, 0.15) is 0 Å². The van der Waals surface area contributed by atoms with Crippen LogP contribution in [0.5, 0.6) is 0 Å². The summed E-state index contributed by atoms with van der Waals surface area (Å²) in [4.78, 5) is 9.52. The predicted octanol–water partition coefficient (Wildman–Crippen LogP) is 2.75. The molecule has 0 bridgehead atoms. The number of nitrogens with zero attached hydrogens (tertiary/aromatic N) is 4. The van der Waals surface area contributed by atoms with Crippen LogP contribution in [-0.2, 0) is 16.6 Å². The third-order valence-corrected chi connectivity index (χ3v) is 7.62. The lowest BCUT2D eigenvalue weighted by molar-refractivity contribution is 0.279. The largest absolute Gasteiger partial charge is 0.372 e. The van der Waals surface area contributed by atoms with Crippen LogP contribution in [0.3, 0.4) is 0 Å². The van der Waals surface area contributed by atoms with E-state index in [4.69, 9.17) is 4.99 Å². The zero-order valence-corrected chi connectivity index (χ0v) is 20.2. The maximum atomic E-state index is 11.7. The highest BCUT2D eigenvalue weighted by molar-refractivity contribution is 7.88. The highest BCUT2D eigenvalue weighted by Gasteiger charge is 2.24. The zero-order chi connectivity index (χ0) is 22.3. The van der Waals surface area contributed by atoms with Gasteiger partial charge in [-0.2, -0.15) is 0 Å². The number of piperidine rings is 2. The van der Waals surface area contributed by atoms with E-state index in [1.165, 1.54) is 49.9 Å². The maximum absolute atomic E-state index is 11.7. The molecule has 3 rings (SSSR count). The van der Waals surface area contributed by atoms with Crippen molar-refractivity contribution < 1.29 is 8.42 Å². The number of benzene rings is 1. The fourth-order valence-corrected chi connectivity index (χ4v) is 5.30. The van der Waals surface area contributed by atoms with E-state index in [-0.39, 0.29) is 0 Å². The van der Waals surface area contributed by atoms with E-state index >= 15 is 0 Å². The molecule has 0 atom stereocenters. The number of sulfonamides is 1. The Morgan fingerprint density at radius 2 is 1.74 bits per heavy atom. The summed E-state index contributed by atoms with van der Waals surface area (Å²) in [5, 5.41) is 3.40. The lowest BCUT2D eigenvalue weighted by atomic mass is 9.98. The third kappa shape index (κ3) is 7.10. The van der Waals surface area contributed by atoms with Gasteiger partial charge < -0.3 is 15.1 Å². The van der Waals surface area contributed by atoms with Crippen LogP contribution >= 0.6 is 0 Å². The van der Waals surface area contributed by atoms with Crippen LogP contribution in [0.2, 0.25) is 0 Å². The average Bonchev–Trinajstić information content (AvgIpc) is 2.77. The number of guanidine groups is 1. The molecule has 0 spiro atoms. The molecule has 2 aliphatic heterocycles. The quantitative estimate of drug-likeness (QED) is 0.512. The Kier molecular flexibility index (Phi) is 8.60. The normalized spacial score (nSPS) is 19.5. The summed E-state index contributed by atoms with van der Waals surface area (Å²) < 4.78 is 25.0. The summed E-state index contributed by atoms with van der Waals surface area (Å²) in [6, 6.07) is 8.94. The Hall–Kier alpha value is -1.80. The number of rotatable bonds is 7. The van der Waals surface area contributed by atoms with Gasteiger partial charge in [0.05, 0.1) is 6.26 Å². The summed E-state index contributed by atoms with van der Waals surface area (Å²) >= 11 is 0. The summed E-state index contributed by atoms with van der Waals surface area (Å²) in [6.45, 7) is 7.99. The molecular weight excluding hydrogens is 410 g/mol. The number of aliphatic imine (C=N–C) groups is 1. The van der Waals surface area contributed by atoms with E-state index in [9.17, 15) is 8.42 Å². The SMILES string of the molecule is CCNC(=NCC1CCN(S(C)(=O)=O)CC1)N(C)Cc1ccc(N2CCCCC2)cc1. The smallest absolute Gasteiger partial charge is 0.211 e. The molecule has 174 valence electrons. The highest BCUT2D eigenvalue weighted by Crippen LogP contribution is 2.21. The van der Waals surface area contributed by atoms with Crippen LogP contribution in [-0.4, -0.2) is 76.2 Å². The second-order valence-corrected chi connectivity index (χ2v) is 10.9. The first-order valence-electron chi connectivity index (χ1n) is 11.6. The van der Waals surface area contributed by atoms with E-state index in [0.717, 1.165) is 38.4 Å². The number of hydrogen-bond donors (Lipinski definition) is 1. The molecule has 2 fully saturated rings. The van der Waals surface area contributed by atoms with Gasteiger partial charge in [0, 0.05) is 58.5 Å². The van der Waals surface area contributed by atoms with Crippen molar-refractivity contribution in [2.24, 2.45) is 10.9 Å². The van der Waals surface area contributed by atoms with Crippen molar-refractivity contribution in [1.82, 2.24) is 14.5 Å². The monoisotopic (exact) mass is 449 g/mol. The van der Waals surface area contributed by atoms with Crippen molar-refractivity contribution in [2.45, 2.75) is 45.6 Å². The predicted molar refractivity (Wildman–Crippen MR) is 129 cm³/mol. The first kappa shape index (κ1) is 23.9. The lowest BCUT2D eigenvalue weighted by Crippen LogP contribution is -2.40. The molecular formula is C23H39N5O2S. The fourth-order valence-electron chi connectivity index (χ4n) is 4.42. The van der Waals surface area contributed by atoms with E-state index in [2.05, 4.69) is 53.4 Å². The van der Waals surface area contributed by atoms with Crippen LogP contribution in [0.4, 0.5) is 5.69 Å². The third-order valence-electron chi connectivity index (χ3n) is 6.32. The molecule has 0 radical (unpaired) electrons. The number of nitrogens with one attached hydrogen (secondary N) is 1. The minimum absolute atomic E-state index is 0.434. The van der Waals surface area contributed by atoms with E-state index in [0.29, 0.717) is 19.0 Å². The standard InChI is InChI=1S/C23H39N5O2S/c1-4-24-23(25-18-20-12-16-28(17-13-20)31(3,29)30)26(2)19-21-8-10-22(11-9-21)27-14-6-5-7-15-27/h8-11,20H,4-7,12-19H2,1-3H3,(H,24,25). The van der Waals surface area contributed by atoms with Gasteiger partial charge in [-0.05, 0) is 62.6 Å². The summed E-state index contributed by atoms with van der Waals surface area (Å²) in [7, 11) is -0.998. The first-order chi connectivity index (χ1) is 14.9. The van der Waals surface area contributed by atoms with Crippen LogP contribution in [0.1, 0.15) is 44.6 Å². The molecule has 0 aromatic heterocycles. The van der Waals surface area contributed by atoms with Gasteiger partial charge in [0.15, 0.2) is 5.96 Å². The minimum atomic E-state index is -3.07. The Labute approximate surface area is 188 Å². The molecule has 0 aliphatic carbocycles.